The van der Waals surface area contributed by atoms with Crippen molar-refractivity contribution < 1.29 is 9.84 Å². The summed E-state index contributed by atoms with van der Waals surface area (Å²) < 4.78 is 9.94. The molecule has 178 valence electrons. The first-order valence-corrected chi connectivity index (χ1v) is 11.4. The Kier molecular flexibility index (Phi) is 6.96. The van der Waals surface area contributed by atoms with E-state index in [-0.39, 0.29) is 11.6 Å². The third-order valence-corrected chi connectivity index (χ3v) is 6.26. The third-order valence-electron chi connectivity index (χ3n) is 6.26. The van der Waals surface area contributed by atoms with Gasteiger partial charge in [-0.1, -0.05) is 30.3 Å². The smallest absolute Gasteiger partial charge is 0.332 e. The van der Waals surface area contributed by atoms with Gasteiger partial charge in [-0.2, -0.15) is 4.98 Å². The molecule has 1 fully saturated rings. The van der Waals surface area contributed by atoms with Gasteiger partial charge in [-0.25, -0.2) is 4.79 Å². The van der Waals surface area contributed by atoms with Gasteiger partial charge in [0.2, 0.25) is 5.95 Å². The van der Waals surface area contributed by atoms with Crippen molar-refractivity contribution in [2.75, 3.05) is 37.7 Å². The number of rotatable bonds is 8. The van der Waals surface area contributed by atoms with Crippen molar-refractivity contribution >= 4 is 17.1 Å². The van der Waals surface area contributed by atoms with E-state index >= 15 is 0 Å². The zero-order chi connectivity index (χ0) is 23.5. The van der Waals surface area contributed by atoms with E-state index in [4.69, 9.17) is 9.72 Å². The fourth-order valence-electron chi connectivity index (χ4n) is 4.27. The summed E-state index contributed by atoms with van der Waals surface area (Å²) in [5.41, 5.74) is 0.956. The highest BCUT2D eigenvalue weighted by molar-refractivity contribution is 5.74. The van der Waals surface area contributed by atoms with Crippen LogP contribution >= 0.6 is 0 Å². The minimum Gasteiger partial charge on any atom is -0.387 e. The van der Waals surface area contributed by atoms with Gasteiger partial charge in [0, 0.05) is 39.8 Å². The molecule has 2 N–H and O–H groups in total. The van der Waals surface area contributed by atoms with Crippen molar-refractivity contribution in [1.82, 2.24) is 24.0 Å². The molecule has 0 radical (unpaired) electrons. The maximum absolute atomic E-state index is 13.0. The summed E-state index contributed by atoms with van der Waals surface area (Å²) in [5.74, 6) is 0.684. The second-order valence-electron chi connectivity index (χ2n) is 8.49. The number of morpholine rings is 1. The molecule has 4 rings (SSSR count). The molecule has 3 aromatic rings. The molecule has 1 aliphatic heterocycles. The lowest BCUT2D eigenvalue weighted by molar-refractivity contribution is 0.121. The van der Waals surface area contributed by atoms with Crippen LogP contribution in [-0.4, -0.2) is 62.7 Å². The predicted molar refractivity (Wildman–Crippen MR) is 127 cm³/mol. The number of benzene rings is 1. The first kappa shape index (κ1) is 23.2. The summed E-state index contributed by atoms with van der Waals surface area (Å²) >= 11 is 0. The van der Waals surface area contributed by atoms with E-state index < -0.39 is 11.8 Å². The summed E-state index contributed by atoms with van der Waals surface area (Å²) in [6.07, 6.45) is 0.117. The van der Waals surface area contributed by atoms with Crippen molar-refractivity contribution in [3.05, 3.63) is 56.7 Å². The SMILES string of the molecule is CC(NCCCn1c(N2CCOCC2)nc2c1c(=O)n(C)c(=O)n2C)C(O)c1ccccc1. The van der Waals surface area contributed by atoms with E-state index in [0.29, 0.717) is 56.5 Å². The number of aromatic nitrogens is 4. The van der Waals surface area contributed by atoms with Gasteiger partial charge < -0.3 is 24.6 Å². The van der Waals surface area contributed by atoms with Gasteiger partial charge >= 0.3 is 5.69 Å². The molecule has 10 heteroatoms. The van der Waals surface area contributed by atoms with Gasteiger partial charge in [0.15, 0.2) is 11.2 Å². The average molecular weight is 457 g/mol. The van der Waals surface area contributed by atoms with Crippen LogP contribution in [0.1, 0.15) is 25.0 Å². The second-order valence-corrected chi connectivity index (χ2v) is 8.49. The topological polar surface area (TPSA) is 107 Å². The largest absolute Gasteiger partial charge is 0.387 e. The van der Waals surface area contributed by atoms with E-state index in [0.717, 1.165) is 16.6 Å². The van der Waals surface area contributed by atoms with E-state index in [1.54, 1.807) is 7.05 Å². The Morgan fingerprint density at radius 3 is 2.52 bits per heavy atom. The molecule has 0 bridgehead atoms. The molecule has 1 aromatic carbocycles. The lowest BCUT2D eigenvalue weighted by Crippen LogP contribution is -2.39. The zero-order valence-corrected chi connectivity index (χ0v) is 19.4. The molecule has 2 aromatic heterocycles. The fraction of sp³-hybridized carbons (Fsp3) is 0.522. The number of imidazole rings is 1. The fourth-order valence-corrected chi connectivity index (χ4v) is 4.27. The molecule has 2 unspecified atom stereocenters. The normalized spacial score (nSPS) is 16.3. The third kappa shape index (κ3) is 4.59. The summed E-state index contributed by atoms with van der Waals surface area (Å²) in [5, 5.41) is 14.0. The lowest BCUT2D eigenvalue weighted by Gasteiger charge is -2.28. The number of nitrogens with one attached hydrogen (secondary N) is 1. The van der Waals surface area contributed by atoms with Crippen LogP contribution < -0.4 is 21.5 Å². The number of anilines is 1. The molecule has 3 heterocycles. The second kappa shape index (κ2) is 9.90. The minimum absolute atomic E-state index is 0.126. The number of nitrogens with zero attached hydrogens (tertiary/aromatic N) is 5. The van der Waals surface area contributed by atoms with E-state index in [1.807, 2.05) is 41.8 Å². The number of aliphatic hydroxyl groups excluding tert-OH is 1. The van der Waals surface area contributed by atoms with Crippen LogP contribution in [0.15, 0.2) is 39.9 Å². The molecule has 0 saturated carbocycles. The monoisotopic (exact) mass is 456 g/mol. The Morgan fingerprint density at radius 2 is 1.82 bits per heavy atom. The van der Waals surface area contributed by atoms with Gasteiger partial charge in [-0.3, -0.25) is 13.9 Å². The van der Waals surface area contributed by atoms with Crippen LogP contribution in [0, 0.1) is 0 Å². The summed E-state index contributed by atoms with van der Waals surface area (Å²) in [6.45, 7) is 5.70. The Bertz CT molecular complexity index is 1210. The van der Waals surface area contributed by atoms with Crippen molar-refractivity contribution in [3.8, 4) is 0 Å². The van der Waals surface area contributed by atoms with Gasteiger partial charge in [0.25, 0.3) is 5.56 Å². The standard InChI is InChI=1S/C23H32N6O4/c1-16(19(30)17-8-5-4-6-9-17)24-10-7-11-29-18-20(26(2)23(32)27(3)21(18)31)25-22(29)28-12-14-33-15-13-28/h4-6,8-9,16,19,24,30H,7,10-15H2,1-3H3. The van der Waals surface area contributed by atoms with Crippen LogP contribution in [0.4, 0.5) is 5.95 Å². The van der Waals surface area contributed by atoms with Crippen molar-refractivity contribution in [2.24, 2.45) is 14.1 Å². The Hall–Kier alpha value is -2.95. The number of hydrogen-bond acceptors (Lipinski definition) is 7. The van der Waals surface area contributed by atoms with Crippen molar-refractivity contribution in [3.63, 3.8) is 0 Å². The van der Waals surface area contributed by atoms with Crippen molar-refractivity contribution in [2.45, 2.75) is 32.0 Å². The molecule has 0 spiro atoms. The molecule has 2 atom stereocenters. The highest BCUT2D eigenvalue weighted by Gasteiger charge is 2.24. The summed E-state index contributed by atoms with van der Waals surface area (Å²) in [4.78, 5) is 32.2. The Balaban J connectivity index is 1.55. The lowest BCUT2D eigenvalue weighted by atomic mass is 10.0. The quantitative estimate of drug-likeness (QED) is 0.472. The first-order valence-electron chi connectivity index (χ1n) is 11.4. The molecule has 33 heavy (non-hydrogen) atoms. The van der Waals surface area contributed by atoms with E-state index in [1.165, 1.54) is 11.6 Å². The van der Waals surface area contributed by atoms with E-state index in [9.17, 15) is 14.7 Å². The van der Waals surface area contributed by atoms with Crippen LogP contribution in [0.2, 0.25) is 0 Å². The molecule has 0 aliphatic carbocycles. The van der Waals surface area contributed by atoms with Crippen molar-refractivity contribution in [1.29, 1.82) is 0 Å². The predicted octanol–water partition coefficient (Wildman–Crippen LogP) is 0.372. The molecular formula is C23H32N6O4. The van der Waals surface area contributed by atoms with Gasteiger partial charge in [0.1, 0.15) is 0 Å². The number of fused-ring (bicyclic) bond motifs is 1. The Morgan fingerprint density at radius 1 is 1.12 bits per heavy atom. The number of aliphatic hydroxyl groups is 1. The molecule has 1 aliphatic rings. The van der Waals surface area contributed by atoms with E-state index in [2.05, 4.69) is 10.2 Å². The van der Waals surface area contributed by atoms with Crippen LogP contribution in [0.25, 0.3) is 11.2 Å². The highest BCUT2D eigenvalue weighted by atomic mass is 16.5. The first-order chi connectivity index (χ1) is 15.9. The minimum atomic E-state index is -0.606. The van der Waals surface area contributed by atoms with Crippen LogP contribution in [-0.2, 0) is 25.4 Å². The molecule has 10 nitrogen and oxygen atoms in total. The molecular weight excluding hydrogens is 424 g/mol. The molecule has 1 saturated heterocycles. The average Bonchev–Trinajstić information content (AvgIpc) is 3.24. The number of hydrogen-bond donors (Lipinski definition) is 2. The maximum atomic E-state index is 13.0. The number of ether oxygens (including phenoxy) is 1. The zero-order valence-electron chi connectivity index (χ0n) is 19.4. The molecule has 0 amide bonds. The Labute approximate surface area is 192 Å². The van der Waals surface area contributed by atoms with Gasteiger partial charge in [-0.05, 0) is 25.5 Å². The van der Waals surface area contributed by atoms with Crippen LogP contribution in [0.5, 0.6) is 0 Å². The summed E-state index contributed by atoms with van der Waals surface area (Å²) in [6, 6.07) is 9.45. The summed E-state index contributed by atoms with van der Waals surface area (Å²) in [7, 11) is 3.13. The van der Waals surface area contributed by atoms with Crippen LogP contribution in [0.3, 0.4) is 0 Å². The maximum Gasteiger partial charge on any atom is 0.332 e. The number of aryl methyl sites for hydroxylation is 2. The highest BCUT2D eigenvalue weighted by Crippen LogP contribution is 2.21. The van der Waals surface area contributed by atoms with Gasteiger partial charge in [0.05, 0.1) is 19.3 Å². The van der Waals surface area contributed by atoms with Gasteiger partial charge in [-0.15, -0.1) is 0 Å².